The second kappa shape index (κ2) is 15.4. The molecule has 4 aromatic rings. The molecular weight excluding hydrogens is 603 g/mol. The topological polar surface area (TPSA) is 81.7 Å². The third-order valence-corrected chi connectivity index (χ3v) is 8.67. The minimum absolute atomic E-state index is 0.0280. The molecule has 0 saturated carbocycles. The number of likely N-dealkylation sites (tertiary alicyclic amines) is 1. The maximum atomic E-state index is 13.7. The molecule has 0 radical (unpaired) electrons. The summed E-state index contributed by atoms with van der Waals surface area (Å²) >= 11 is 0. The third-order valence-electron chi connectivity index (χ3n) is 8.67. The number of rotatable bonds is 12. The van der Waals surface area contributed by atoms with Gasteiger partial charge in [0.25, 0.3) is 11.8 Å². The number of aliphatic hydroxyl groups excluding tert-OH is 1. The molecule has 0 aromatic heterocycles. The molecule has 0 bridgehead atoms. The number of alkyl halides is 3. The van der Waals surface area contributed by atoms with Gasteiger partial charge in [0.1, 0.15) is 0 Å². The van der Waals surface area contributed by atoms with Gasteiger partial charge < -0.3 is 20.6 Å². The number of nitrogens with zero attached hydrogens (tertiary/aromatic N) is 1. The maximum absolute atomic E-state index is 13.7. The van der Waals surface area contributed by atoms with E-state index in [4.69, 9.17) is 0 Å². The molecule has 2 amide bonds. The highest BCUT2D eigenvalue weighted by Crippen LogP contribution is 2.33. The second-order valence-corrected chi connectivity index (χ2v) is 12.0. The van der Waals surface area contributed by atoms with Gasteiger partial charge in [-0.15, -0.1) is 0 Å². The Hall–Kier alpha value is -4.47. The minimum atomic E-state index is -4.45. The monoisotopic (exact) mass is 643 g/mol. The van der Waals surface area contributed by atoms with E-state index < -0.39 is 29.8 Å². The zero-order valence-electron chi connectivity index (χ0n) is 26.3. The van der Waals surface area contributed by atoms with Crippen LogP contribution in [0, 0.1) is 0 Å². The first-order valence-corrected chi connectivity index (χ1v) is 16.0. The van der Waals surface area contributed by atoms with Crippen LogP contribution in [0.1, 0.15) is 74.3 Å². The van der Waals surface area contributed by atoms with E-state index in [1.54, 1.807) is 30.3 Å². The van der Waals surface area contributed by atoms with Crippen molar-refractivity contribution < 1.29 is 27.9 Å². The first kappa shape index (κ1) is 33.9. The normalized spacial score (nSPS) is 16.1. The lowest BCUT2D eigenvalue weighted by Crippen LogP contribution is -2.48. The van der Waals surface area contributed by atoms with Crippen LogP contribution < -0.4 is 10.6 Å². The van der Waals surface area contributed by atoms with Crippen LogP contribution in [0.2, 0.25) is 0 Å². The van der Waals surface area contributed by atoms with Crippen molar-refractivity contribution in [3.05, 3.63) is 142 Å². The number of hydrogen-bond acceptors (Lipinski definition) is 4. The number of carbonyl (C=O) groups excluding carboxylic acids is 2. The molecular formula is C38H40F3N3O3. The Balaban J connectivity index is 1.27. The average Bonchev–Trinajstić information content (AvgIpc) is 3.58. The van der Waals surface area contributed by atoms with Gasteiger partial charge >= 0.3 is 6.18 Å². The SMILES string of the molecule is CCc1ccc(C2CCCN2C(=O)c2cccc(C(=O)NC(Cc3ccccc3)C(O)CNCc3cccc(C(F)(F)F)c3)c2)cc1. The largest absolute Gasteiger partial charge is 0.416 e. The van der Waals surface area contributed by atoms with E-state index in [1.165, 1.54) is 11.6 Å². The van der Waals surface area contributed by atoms with Gasteiger partial charge in [-0.25, -0.2) is 0 Å². The van der Waals surface area contributed by atoms with Crippen molar-refractivity contribution in [1.29, 1.82) is 0 Å². The Morgan fingerprint density at radius 1 is 0.872 bits per heavy atom. The average molecular weight is 644 g/mol. The summed E-state index contributed by atoms with van der Waals surface area (Å²) in [6.45, 7) is 2.88. The van der Waals surface area contributed by atoms with Crippen LogP contribution in [0.15, 0.2) is 103 Å². The molecule has 47 heavy (non-hydrogen) atoms. The highest BCUT2D eigenvalue weighted by molar-refractivity contribution is 6.00. The molecule has 3 unspecified atom stereocenters. The number of hydrogen-bond donors (Lipinski definition) is 3. The Labute approximate surface area is 273 Å². The van der Waals surface area contributed by atoms with Gasteiger partial charge in [0.05, 0.1) is 23.8 Å². The summed E-state index contributed by atoms with van der Waals surface area (Å²) in [5, 5.41) is 17.1. The van der Waals surface area contributed by atoms with Crippen molar-refractivity contribution in [2.24, 2.45) is 0 Å². The van der Waals surface area contributed by atoms with Crippen molar-refractivity contribution in [2.45, 2.75) is 63.5 Å². The summed E-state index contributed by atoms with van der Waals surface area (Å²) in [6, 6.07) is 28.7. The summed E-state index contributed by atoms with van der Waals surface area (Å²) in [4.78, 5) is 29.1. The van der Waals surface area contributed by atoms with Gasteiger partial charge in [-0.05, 0) is 72.2 Å². The molecule has 1 aliphatic heterocycles. The lowest BCUT2D eigenvalue weighted by molar-refractivity contribution is -0.137. The number of aryl methyl sites for hydroxylation is 1. The predicted molar refractivity (Wildman–Crippen MR) is 176 cm³/mol. The molecule has 0 aliphatic carbocycles. The number of nitrogens with one attached hydrogen (secondary N) is 2. The standard InChI is InChI=1S/C38H40F3N3O3/c1-2-26-16-18-29(19-17-26)34-15-8-20-44(34)37(47)31-13-7-12-30(23-31)36(46)43-33(22-27-9-4-3-5-10-27)35(45)25-42-24-28-11-6-14-32(21-28)38(39,40)41/h3-7,9-14,16-19,21,23,33-35,42,45H,2,8,15,20,22,24-25H2,1H3,(H,43,46). The van der Waals surface area contributed by atoms with Crippen LogP contribution in [0.5, 0.6) is 0 Å². The number of aliphatic hydroxyl groups is 1. The quantitative estimate of drug-likeness (QED) is 0.160. The Bertz CT molecular complexity index is 1640. The molecule has 3 atom stereocenters. The van der Waals surface area contributed by atoms with Crippen molar-refractivity contribution >= 4 is 11.8 Å². The number of amides is 2. The zero-order valence-corrected chi connectivity index (χ0v) is 26.3. The van der Waals surface area contributed by atoms with Crippen molar-refractivity contribution in [3.63, 3.8) is 0 Å². The predicted octanol–water partition coefficient (Wildman–Crippen LogP) is 6.74. The van der Waals surface area contributed by atoms with E-state index in [2.05, 4.69) is 41.8 Å². The van der Waals surface area contributed by atoms with Crippen molar-refractivity contribution in [1.82, 2.24) is 15.5 Å². The molecule has 246 valence electrons. The molecule has 5 rings (SSSR count). The highest BCUT2D eigenvalue weighted by Gasteiger charge is 2.32. The molecule has 4 aromatic carbocycles. The van der Waals surface area contributed by atoms with Crippen LogP contribution in [0.25, 0.3) is 0 Å². The van der Waals surface area contributed by atoms with Crippen molar-refractivity contribution in [3.8, 4) is 0 Å². The molecule has 0 spiro atoms. The fourth-order valence-electron chi connectivity index (χ4n) is 6.06. The zero-order chi connectivity index (χ0) is 33.4. The third kappa shape index (κ3) is 8.87. The van der Waals surface area contributed by atoms with E-state index in [9.17, 15) is 27.9 Å². The van der Waals surface area contributed by atoms with E-state index in [0.717, 1.165) is 42.5 Å². The summed E-state index contributed by atoms with van der Waals surface area (Å²) in [6.07, 6.45) is -2.46. The lowest BCUT2D eigenvalue weighted by Gasteiger charge is -2.26. The van der Waals surface area contributed by atoms with Gasteiger partial charge in [-0.3, -0.25) is 9.59 Å². The van der Waals surface area contributed by atoms with E-state index >= 15 is 0 Å². The molecule has 1 aliphatic rings. The van der Waals surface area contributed by atoms with Crippen LogP contribution in [0.3, 0.4) is 0 Å². The molecule has 1 saturated heterocycles. The first-order valence-electron chi connectivity index (χ1n) is 16.0. The fraction of sp³-hybridized carbons (Fsp3) is 0.316. The Morgan fingerprint density at radius 2 is 1.57 bits per heavy atom. The Morgan fingerprint density at radius 3 is 2.30 bits per heavy atom. The van der Waals surface area contributed by atoms with Gasteiger partial charge in [0.2, 0.25) is 0 Å². The molecule has 3 N–H and O–H groups in total. The van der Waals surface area contributed by atoms with Crippen LogP contribution in [-0.4, -0.2) is 47.1 Å². The van der Waals surface area contributed by atoms with E-state index in [0.29, 0.717) is 29.7 Å². The van der Waals surface area contributed by atoms with Gasteiger partial charge in [-0.1, -0.05) is 85.8 Å². The van der Waals surface area contributed by atoms with Gasteiger partial charge in [-0.2, -0.15) is 13.2 Å². The lowest BCUT2D eigenvalue weighted by atomic mass is 9.99. The number of benzene rings is 4. The fourth-order valence-corrected chi connectivity index (χ4v) is 6.06. The number of halogens is 3. The minimum Gasteiger partial charge on any atom is -0.390 e. The second-order valence-electron chi connectivity index (χ2n) is 12.0. The smallest absolute Gasteiger partial charge is 0.390 e. The molecule has 9 heteroatoms. The van der Waals surface area contributed by atoms with E-state index in [-0.39, 0.29) is 25.0 Å². The van der Waals surface area contributed by atoms with Crippen LogP contribution in [0.4, 0.5) is 13.2 Å². The van der Waals surface area contributed by atoms with Crippen molar-refractivity contribution in [2.75, 3.05) is 13.1 Å². The highest BCUT2D eigenvalue weighted by atomic mass is 19.4. The number of carbonyl (C=O) groups is 2. The molecule has 6 nitrogen and oxygen atoms in total. The summed E-state index contributed by atoms with van der Waals surface area (Å²) < 4.78 is 39.4. The molecule has 1 heterocycles. The van der Waals surface area contributed by atoms with Gasteiger partial charge in [0.15, 0.2) is 0 Å². The van der Waals surface area contributed by atoms with Crippen LogP contribution in [-0.2, 0) is 25.6 Å². The summed E-state index contributed by atoms with van der Waals surface area (Å²) in [7, 11) is 0. The summed E-state index contributed by atoms with van der Waals surface area (Å²) in [5.74, 6) is -0.577. The Kier molecular flexibility index (Phi) is 11.1. The molecule has 1 fully saturated rings. The summed E-state index contributed by atoms with van der Waals surface area (Å²) in [5.41, 5.74) is 3.63. The van der Waals surface area contributed by atoms with Gasteiger partial charge in [0, 0.05) is 30.8 Å². The van der Waals surface area contributed by atoms with Crippen LogP contribution >= 0.6 is 0 Å². The maximum Gasteiger partial charge on any atom is 0.416 e. The van der Waals surface area contributed by atoms with E-state index in [1.807, 2.05) is 35.2 Å². The first-order chi connectivity index (χ1) is 22.6.